The molecule has 1 amide bonds. The van der Waals surface area contributed by atoms with Crippen LogP contribution in [0.1, 0.15) is 41.0 Å². The van der Waals surface area contributed by atoms with E-state index >= 15 is 0 Å². The number of carbonyl (C=O) groups excluding carboxylic acids is 2. The van der Waals surface area contributed by atoms with Crippen LogP contribution >= 0.6 is 0 Å². The Morgan fingerprint density at radius 3 is 2.60 bits per heavy atom. The minimum Gasteiger partial charge on any atom is -0.465 e. The molecule has 0 aliphatic heterocycles. The predicted octanol–water partition coefficient (Wildman–Crippen LogP) is 3.58. The topological polar surface area (TPSA) is 80.3 Å². The number of benzene rings is 1. The van der Waals surface area contributed by atoms with E-state index in [-0.39, 0.29) is 5.91 Å². The number of hydrogen-bond donors (Lipinski definition) is 2. The molecule has 6 nitrogen and oxygen atoms in total. The first-order valence-corrected chi connectivity index (χ1v) is 8.19. The monoisotopic (exact) mass is 341 g/mol. The lowest BCUT2D eigenvalue weighted by Gasteiger charge is -2.09. The van der Waals surface area contributed by atoms with Gasteiger partial charge in [-0.3, -0.25) is 4.79 Å². The van der Waals surface area contributed by atoms with Gasteiger partial charge in [0.15, 0.2) is 0 Å². The summed E-state index contributed by atoms with van der Waals surface area (Å²) in [6.45, 7) is 5.17. The van der Waals surface area contributed by atoms with Gasteiger partial charge in [0.05, 0.1) is 18.2 Å². The molecule has 0 aliphatic carbocycles. The largest absolute Gasteiger partial charge is 0.465 e. The summed E-state index contributed by atoms with van der Waals surface area (Å²) >= 11 is 0. The summed E-state index contributed by atoms with van der Waals surface area (Å²) in [6, 6.07) is 10.1. The van der Waals surface area contributed by atoms with Crippen LogP contribution in [0.15, 0.2) is 42.6 Å². The van der Waals surface area contributed by atoms with Crippen molar-refractivity contribution in [1.29, 1.82) is 0 Å². The van der Waals surface area contributed by atoms with Crippen LogP contribution in [0.5, 0.6) is 0 Å². The third-order valence-electron chi connectivity index (χ3n) is 3.60. The van der Waals surface area contributed by atoms with Crippen molar-refractivity contribution in [2.45, 2.75) is 20.3 Å². The van der Waals surface area contributed by atoms with Gasteiger partial charge < -0.3 is 15.4 Å². The molecule has 0 fully saturated rings. The lowest BCUT2D eigenvalue weighted by atomic mass is 10.1. The first-order valence-electron chi connectivity index (χ1n) is 8.19. The van der Waals surface area contributed by atoms with Crippen molar-refractivity contribution in [3.8, 4) is 0 Å². The number of ether oxygens (including phenoxy) is 1. The maximum absolute atomic E-state index is 12.3. The molecule has 25 heavy (non-hydrogen) atoms. The first kappa shape index (κ1) is 18.4. The van der Waals surface area contributed by atoms with E-state index in [4.69, 9.17) is 0 Å². The summed E-state index contributed by atoms with van der Waals surface area (Å²) in [5.74, 6) is 0.626. The predicted molar refractivity (Wildman–Crippen MR) is 97.9 cm³/mol. The van der Waals surface area contributed by atoms with Crippen molar-refractivity contribution < 1.29 is 14.3 Å². The summed E-state index contributed by atoms with van der Waals surface area (Å²) in [7, 11) is 1.32. The van der Waals surface area contributed by atoms with Gasteiger partial charge in [-0.2, -0.15) is 0 Å². The Labute approximate surface area is 147 Å². The highest BCUT2D eigenvalue weighted by molar-refractivity contribution is 6.04. The van der Waals surface area contributed by atoms with Crippen LogP contribution < -0.4 is 10.6 Å². The number of esters is 1. The van der Waals surface area contributed by atoms with Gasteiger partial charge in [0.2, 0.25) is 0 Å². The molecule has 1 aromatic heterocycles. The molecule has 2 rings (SSSR count). The minimum atomic E-state index is -0.449. The minimum absolute atomic E-state index is 0.289. The molecule has 2 aromatic rings. The van der Waals surface area contributed by atoms with Crippen LogP contribution in [-0.2, 0) is 4.74 Å². The Kier molecular flexibility index (Phi) is 6.51. The summed E-state index contributed by atoms with van der Waals surface area (Å²) in [4.78, 5) is 28.1. The summed E-state index contributed by atoms with van der Waals surface area (Å²) in [5.41, 5.74) is 1.34. The van der Waals surface area contributed by atoms with Gasteiger partial charge in [-0.15, -0.1) is 0 Å². The van der Waals surface area contributed by atoms with Gasteiger partial charge in [-0.1, -0.05) is 19.9 Å². The molecular weight excluding hydrogens is 318 g/mol. The van der Waals surface area contributed by atoms with Crippen molar-refractivity contribution >= 4 is 23.4 Å². The number of rotatable bonds is 7. The Morgan fingerprint density at radius 2 is 1.96 bits per heavy atom. The quantitative estimate of drug-likeness (QED) is 0.753. The Morgan fingerprint density at radius 1 is 1.16 bits per heavy atom. The van der Waals surface area contributed by atoms with Crippen molar-refractivity contribution in [3.05, 3.63) is 53.7 Å². The molecule has 132 valence electrons. The molecule has 1 aromatic carbocycles. The maximum atomic E-state index is 12.3. The molecular formula is C19H23N3O3. The van der Waals surface area contributed by atoms with Gasteiger partial charge >= 0.3 is 5.97 Å². The fraction of sp³-hybridized carbons (Fsp3) is 0.316. The van der Waals surface area contributed by atoms with E-state index in [1.165, 1.54) is 13.3 Å². The second-order valence-corrected chi connectivity index (χ2v) is 6.07. The van der Waals surface area contributed by atoms with E-state index in [9.17, 15) is 9.59 Å². The molecule has 0 spiro atoms. The number of hydrogen-bond acceptors (Lipinski definition) is 5. The van der Waals surface area contributed by atoms with E-state index in [0.717, 1.165) is 18.8 Å². The fourth-order valence-electron chi connectivity index (χ4n) is 2.17. The lowest BCUT2D eigenvalue weighted by molar-refractivity contribution is 0.0600. The number of methoxy groups -OCH3 is 1. The number of aromatic nitrogens is 1. The molecule has 1 heterocycles. The third kappa shape index (κ3) is 5.60. The number of nitrogens with zero attached hydrogens (tertiary/aromatic N) is 1. The van der Waals surface area contributed by atoms with Crippen LogP contribution in [0, 0.1) is 5.92 Å². The Bertz CT molecular complexity index is 727. The zero-order valence-corrected chi connectivity index (χ0v) is 14.7. The van der Waals surface area contributed by atoms with Crippen molar-refractivity contribution in [2.75, 3.05) is 24.3 Å². The molecule has 0 radical (unpaired) electrons. The maximum Gasteiger partial charge on any atom is 0.337 e. The van der Waals surface area contributed by atoms with E-state index in [1.807, 2.05) is 0 Å². The molecule has 0 saturated heterocycles. The molecule has 0 saturated carbocycles. The highest BCUT2D eigenvalue weighted by Crippen LogP contribution is 2.14. The second kappa shape index (κ2) is 8.82. The molecule has 0 bridgehead atoms. The number of amides is 1. The molecule has 0 unspecified atom stereocenters. The normalized spacial score (nSPS) is 10.4. The van der Waals surface area contributed by atoms with Gasteiger partial charge in [0.25, 0.3) is 5.91 Å². The highest BCUT2D eigenvalue weighted by atomic mass is 16.5. The first-order chi connectivity index (χ1) is 12.0. The standard InChI is InChI=1S/C19H23N3O3/c1-13(2)9-10-20-17-8-7-15(12-21-17)18(23)22-16-6-4-5-14(11-16)19(24)25-3/h4-8,11-13H,9-10H2,1-3H3,(H,20,21)(H,22,23). The van der Waals surface area contributed by atoms with Gasteiger partial charge in [-0.05, 0) is 42.7 Å². The summed E-state index contributed by atoms with van der Waals surface area (Å²) in [6.07, 6.45) is 2.58. The molecule has 0 atom stereocenters. The second-order valence-electron chi connectivity index (χ2n) is 6.07. The number of carbonyl (C=O) groups is 2. The zero-order valence-electron chi connectivity index (χ0n) is 14.7. The van der Waals surface area contributed by atoms with E-state index in [0.29, 0.717) is 22.7 Å². The van der Waals surface area contributed by atoms with Crippen LogP contribution in [0.3, 0.4) is 0 Å². The number of pyridine rings is 1. The number of anilines is 2. The summed E-state index contributed by atoms with van der Waals surface area (Å²) in [5, 5.41) is 5.97. The SMILES string of the molecule is COC(=O)c1cccc(NC(=O)c2ccc(NCCC(C)C)nc2)c1. The fourth-order valence-corrected chi connectivity index (χ4v) is 2.17. The van der Waals surface area contributed by atoms with E-state index in [2.05, 4.69) is 34.2 Å². The van der Waals surface area contributed by atoms with Crippen molar-refractivity contribution in [2.24, 2.45) is 5.92 Å². The van der Waals surface area contributed by atoms with Crippen molar-refractivity contribution in [1.82, 2.24) is 4.98 Å². The van der Waals surface area contributed by atoms with Crippen LogP contribution in [0.25, 0.3) is 0 Å². The summed E-state index contributed by atoms with van der Waals surface area (Å²) < 4.78 is 4.67. The van der Waals surface area contributed by atoms with E-state index < -0.39 is 5.97 Å². The van der Waals surface area contributed by atoms with E-state index in [1.54, 1.807) is 36.4 Å². The van der Waals surface area contributed by atoms with Gasteiger partial charge in [0.1, 0.15) is 5.82 Å². The van der Waals surface area contributed by atoms with Crippen molar-refractivity contribution in [3.63, 3.8) is 0 Å². The van der Waals surface area contributed by atoms with Crippen LogP contribution in [0.4, 0.5) is 11.5 Å². The van der Waals surface area contributed by atoms with Gasteiger partial charge in [0, 0.05) is 18.4 Å². The smallest absolute Gasteiger partial charge is 0.337 e. The Hall–Kier alpha value is -2.89. The lowest BCUT2D eigenvalue weighted by Crippen LogP contribution is -2.13. The molecule has 6 heteroatoms. The Balaban J connectivity index is 1.98. The van der Waals surface area contributed by atoms with Crippen LogP contribution in [-0.4, -0.2) is 30.5 Å². The van der Waals surface area contributed by atoms with Crippen LogP contribution in [0.2, 0.25) is 0 Å². The van der Waals surface area contributed by atoms with Gasteiger partial charge in [-0.25, -0.2) is 9.78 Å². The highest BCUT2D eigenvalue weighted by Gasteiger charge is 2.10. The third-order valence-corrected chi connectivity index (χ3v) is 3.60. The average Bonchev–Trinajstić information content (AvgIpc) is 2.61. The molecule has 0 aliphatic rings. The average molecular weight is 341 g/mol. The molecule has 2 N–H and O–H groups in total. The zero-order chi connectivity index (χ0) is 18.2. The number of nitrogens with one attached hydrogen (secondary N) is 2.